The van der Waals surface area contributed by atoms with Crippen LogP contribution in [-0.2, 0) is 4.79 Å². The number of benzene rings is 2. The number of hydrogen-bond acceptors (Lipinski definition) is 5. The fourth-order valence-corrected chi connectivity index (χ4v) is 9.10. The number of carboxylic acids is 1. The van der Waals surface area contributed by atoms with Crippen LogP contribution in [0.2, 0.25) is 0 Å². The van der Waals surface area contributed by atoms with Crippen molar-refractivity contribution in [2.24, 2.45) is 16.7 Å². The molecule has 2 unspecified atom stereocenters. The van der Waals surface area contributed by atoms with Crippen LogP contribution in [0.5, 0.6) is 5.75 Å². The van der Waals surface area contributed by atoms with Crippen LogP contribution in [0, 0.1) is 22.6 Å². The highest BCUT2D eigenvalue weighted by Gasteiger charge is 2.62. The monoisotopic (exact) mass is 649 g/mol. The number of ether oxygens (including phenoxy) is 1. The van der Waals surface area contributed by atoms with Crippen LogP contribution in [0.4, 0.5) is 42.1 Å². The number of anilines is 2. The maximum atomic E-state index is 15.6. The first-order valence-corrected chi connectivity index (χ1v) is 15.9. The summed E-state index contributed by atoms with van der Waals surface area (Å²) in [7, 11) is 0. The van der Waals surface area contributed by atoms with Gasteiger partial charge in [0.15, 0.2) is 5.50 Å². The van der Waals surface area contributed by atoms with Crippen molar-refractivity contribution in [2.75, 3.05) is 18.1 Å². The lowest BCUT2D eigenvalue weighted by Gasteiger charge is -2.43. The van der Waals surface area contributed by atoms with Crippen LogP contribution in [0.25, 0.3) is 0 Å². The van der Waals surface area contributed by atoms with Gasteiger partial charge in [-0.2, -0.15) is 13.2 Å². The van der Waals surface area contributed by atoms with E-state index in [-0.39, 0.29) is 17.5 Å². The molecular formula is C30H30F7NO3S2. The highest BCUT2D eigenvalue weighted by atomic mass is 32.2. The molecule has 234 valence electrons. The van der Waals surface area contributed by atoms with E-state index in [0.29, 0.717) is 26.6 Å². The second-order valence-electron chi connectivity index (χ2n) is 12.5. The maximum Gasteiger partial charge on any atom is 0.389 e. The average molecular weight is 650 g/mol. The summed E-state index contributed by atoms with van der Waals surface area (Å²) in [6, 6.07) is 8.70. The molecule has 4 nitrogen and oxygen atoms in total. The average Bonchev–Trinajstić information content (AvgIpc) is 3.69. The molecule has 2 atom stereocenters. The topological polar surface area (TPSA) is 49.8 Å². The molecule has 2 aromatic carbocycles. The van der Waals surface area contributed by atoms with E-state index in [1.54, 1.807) is 11.0 Å². The number of thioether (sulfide) groups is 2. The van der Waals surface area contributed by atoms with Crippen LogP contribution in [0.3, 0.4) is 0 Å². The predicted octanol–water partition coefficient (Wildman–Crippen LogP) is 9.24. The molecule has 13 heteroatoms. The number of alkyl halides is 6. The Morgan fingerprint density at radius 2 is 1.79 bits per heavy atom. The van der Waals surface area contributed by atoms with Gasteiger partial charge in [-0.05, 0) is 73.9 Å². The molecule has 4 aliphatic rings. The molecule has 0 bridgehead atoms. The minimum atomic E-state index is -4.46. The zero-order valence-electron chi connectivity index (χ0n) is 22.9. The van der Waals surface area contributed by atoms with Crippen molar-refractivity contribution in [3.05, 3.63) is 42.2 Å². The molecule has 2 aromatic rings. The predicted molar refractivity (Wildman–Crippen MR) is 150 cm³/mol. The number of fused-ring (bicyclic) bond motifs is 1. The molecular weight excluding hydrogens is 619 g/mol. The van der Waals surface area contributed by atoms with Crippen LogP contribution in [-0.4, -0.2) is 47.1 Å². The highest BCUT2D eigenvalue weighted by Crippen LogP contribution is 2.65. The quantitative estimate of drug-likeness (QED) is 0.274. The van der Waals surface area contributed by atoms with E-state index in [1.807, 2.05) is 0 Å². The summed E-state index contributed by atoms with van der Waals surface area (Å²) in [5.41, 5.74) is -2.12. The molecule has 6 rings (SSSR count). The lowest BCUT2D eigenvalue weighted by atomic mass is 9.66. The molecule has 43 heavy (non-hydrogen) atoms. The van der Waals surface area contributed by atoms with Crippen molar-refractivity contribution < 1.29 is 45.4 Å². The van der Waals surface area contributed by atoms with Gasteiger partial charge in [0.1, 0.15) is 23.6 Å². The Labute approximate surface area is 252 Å². The van der Waals surface area contributed by atoms with Gasteiger partial charge in [0, 0.05) is 47.6 Å². The largest absolute Gasteiger partial charge is 0.491 e. The molecule has 1 spiro atoms. The lowest BCUT2D eigenvalue weighted by molar-refractivity contribution is -0.199. The molecule has 1 heterocycles. The third-order valence-corrected chi connectivity index (χ3v) is 11.4. The van der Waals surface area contributed by atoms with E-state index in [9.17, 15) is 36.2 Å². The Balaban J connectivity index is 1.35. The zero-order chi connectivity index (χ0) is 30.8. The Morgan fingerprint density at radius 1 is 1.12 bits per heavy atom. The molecule has 0 aromatic heterocycles. The first-order valence-electron chi connectivity index (χ1n) is 14.1. The van der Waals surface area contributed by atoms with Crippen molar-refractivity contribution in [3.8, 4) is 5.75 Å². The fourth-order valence-electron chi connectivity index (χ4n) is 6.33. The van der Waals surface area contributed by atoms with E-state index in [4.69, 9.17) is 4.74 Å². The Kier molecular flexibility index (Phi) is 7.83. The van der Waals surface area contributed by atoms with Gasteiger partial charge >= 0.3 is 12.1 Å². The van der Waals surface area contributed by atoms with Crippen LogP contribution >= 0.6 is 23.5 Å². The number of carboxylic acid groups (broad SMARTS) is 1. The van der Waals surface area contributed by atoms with E-state index < -0.39 is 73.0 Å². The smallest absolute Gasteiger partial charge is 0.389 e. The number of hydrogen-bond donors (Lipinski definition) is 1. The third kappa shape index (κ3) is 6.57. The lowest BCUT2D eigenvalue weighted by Crippen LogP contribution is -2.54. The van der Waals surface area contributed by atoms with Gasteiger partial charge in [-0.1, -0.05) is 11.8 Å². The molecule has 1 aliphatic heterocycles. The summed E-state index contributed by atoms with van der Waals surface area (Å²) < 4.78 is 102. The van der Waals surface area contributed by atoms with Crippen LogP contribution in [0.15, 0.2) is 46.2 Å². The first-order chi connectivity index (χ1) is 20.1. The van der Waals surface area contributed by atoms with E-state index in [2.05, 4.69) is 0 Å². The fraction of sp³-hybridized carbons (Fsp3) is 0.567. The molecule has 3 fully saturated rings. The molecule has 3 aliphatic carbocycles. The minimum Gasteiger partial charge on any atom is -0.491 e. The molecule has 1 N–H and O–H groups in total. The van der Waals surface area contributed by atoms with Gasteiger partial charge in [0.25, 0.3) is 5.92 Å². The number of aliphatic carboxylic acids is 1. The van der Waals surface area contributed by atoms with Gasteiger partial charge < -0.3 is 14.7 Å². The van der Waals surface area contributed by atoms with Crippen molar-refractivity contribution in [3.63, 3.8) is 0 Å². The SMILES string of the molecule is O=C(O)C1(COc2cc3c(cc2SC2CC4(CC4)C2)N(c2ccc(F)cc2)CC(CCC(F)(F)F)C(F)S3)CC(F)(F)C1. The summed E-state index contributed by atoms with van der Waals surface area (Å²) in [5.74, 6) is -5.78. The van der Waals surface area contributed by atoms with Gasteiger partial charge in [-0.15, -0.1) is 11.8 Å². The summed E-state index contributed by atoms with van der Waals surface area (Å²) in [6.45, 7) is -0.588. The Hall–Kier alpha value is -2.28. The first kappa shape index (κ1) is 30.7. The van der Waals surface area contributed by atoms with Gasteiger partial charge in [0.05, 0.1) is 10.6 Å². The van der Waals surface area contributed by atoms with Crippen LogP contribution in [0.1, 0.15) is 51.4 Å². The van der Waals surface area contributed by atoms with E-state index in [0.717, 1.165) is 24.6 Å². The van der Waals surface area contributed by atoms with E-state index in [1.165, 1.54) is 54.9 Å². The molecule has 0 amide bonds. The van der Waals surface area contributed by atoms with Gasteiger partial charge in [-0.3, -0.25) is 4.79 Å². The van der Waals surface area contributed by atoms with Crippen LogP contribution < -0.4 is 9.64 Å². The minimum absolute atomic E-state index is 0.0864. The summed E-state index contributed by atoms with van der Waals surface area (Å²) in [6.07, 6.45) is -3.47. The summed E-state index contributed by atoms with van der Waals surface area (Å²) in [5, 5.41) is 9.96. The molecule has 3 saturated carbocycles. The molecule has 0 saturated heterocycles. The normalized spacial score (nSPS) is 25.3. The highest BCUT2D eigenvalue weighted by molar-refractivity contribution is 8.00. The number of carbonyl (C=O) groups is 1. The van der Waals surface area contributed by atoms with E-state index >= 15 is 4.39 Å². The second kappa shape index (κ2) is 11.0. The third-order valence-electron chi connectivity index (χ3n) is 9.00. The summed E-state index contributed by atoms with van der Waals surface area (Å²) in [4.78, 5) is 14.6. The number of rotatable bonds is 9. The van der Waals surface area contributed by atoms with Crippen molar-refractivity contribution in [1.29, 1.82) is 0 Å². The van der Waals surface area contributed by atoms with Crippen molar-refractivity contribution in [2.45, 2.75) is 84.0 Å². The maximum absolute atomic E-state index is 15.6. The number of halogens is 7. The van der Waals surface area contributed by atoms with Gasteiger partial charge in [0.2, 0.25) is 0 Å². The standard InChI is InChI=1S/C30H30F7NO3S2/c31-18-1-3-19(4-2-18)38-13-17(5-6-30(35,36)37)25(32)43-23-10-22(41-16-28(26(39)40)14-29(33,34)15-28)24(9-21(23)38)42-20-11-27(12-20)7-8-27/h1-4,9-10,17,20,25H,5-8,11-16H2,(H,39,40). The second-order valence-corrected chi connectivity index (χ2v) is 14.9. The zero-order valence-corrected chi connectivity index (χ0v) is 24.6. The van der Waals surface area contributed by atoms with Crippen molar-refractivity contribution >= 4 is 40.9 Å². The number of nitrogens with zero attached hydrogens (tertiary/aromatic N) is 1. The van der Waals surface area contributed by atoms with Crippen molar-refractivity contribution in [1.82, 2.24) is 0 Å². The van der Waals surface area contributed by atoms with Gasteiger partial charge in [-0.25, -0.2) is 17.6 Å². The summed E-state index contributed by atoms with van der Waals surface area (Å²) >= 11 is 2.27. The molecule has 0 radical (unpaired) electrons. The Bertz CT molecular complexity index is 1370. The Morgan fingerprint density at radius 3 is 2.37 bits per heavy atom.